The molecule has 0 aliphatic rings. The molecule has 0 spiro atoms. The predicted molar refractivity (Wildman–Crippen MR) is 74.1 cm³/mol. The van der Waals surface area contributed by atoms with Crippen molar-refractivity contribution in [1.29, 1.82) is 0 Å². The average Bonchev–Trinajstić information content (AvgIpc) is 2.74. The highest BCUT2D eigenvalue weighted by Crippen LogP contribution is 2.04. The van der Waals surface area contributed by atoms with Crippen LogP contribution in [0.5, 0.6) is 0 Å². The molecule has 0 saturated heterocycles. The van der Waals surface area contributed by atoms with Crippen LogP contribution in [0.3, 0.4) is 0 Å². The Morgan fingerprint density at radius 1 is 1.56 bits per heavy atom. The summed E-state index contributed by atoms with van der Waals surface area (Å²) in [5, 5.41) is 10.1. The lowest BCUT2D eigenvalue weighted by atomic mass is 10.1. The molecular formula is C12H24N6. The number of guanidine groups is 1. The molecule has 0 bridgehead atoms. The van der Waals surface area contributed by atoms with Gasteiger partial charge in [0.05, 0.1) is 6.20 Å². The van der Waals surface area contributed by atoms with Crippen LogP contribution in [-0.2, 0) is 6.42 Å². The molecule has 5 N–H and O–H groups in total. The minimum Gasteiger partial charge on any atom is -0.355 e. The molecule has 0 atom stereocenters. The maximum atomic E-state index is 5.40. The van der Waals surface area contributed by atoms with Crippen molar-refractivity contribution < 1.29 is 0 Å². The van der Waals surface area contributed by atoms with Crippen LogP contribution in [0, 0.1) is 12.8 Å². The lowest BCUT2D eigenvalue weighted by Gasteiger charge is -2.09. The highest BCUT2D eigenvalue weighted by Gasteiger charge is 2.01. The molecule has 6 nitrogen and oxygen atoms in total. The fourth-order valence-electron chi connectivity index (χ4n) is 1.54. The van der Waals surface area contributed by atoms with Crippen molar-refractivity contribution in [1.82, 2.24) is 20.9 Å². The molecule has 0 aromatic carbocycles. The smallest absolute Gasteiger partial charge is 0.205 e. The Hall–Kier alpha value is -1.56. The molecule has 1 rings (SSSR count). The van der Waals surface area contributed by atoms with Gasteiger partial charge in [0.2, 0.25) is 5.96 Å². The Bertz CT molecular complexity index is 368. The van der Waals surface area contributed by atoms with E-state index in [1.54, 1.807) is 0 Å². The van der Waals surface area contributed by atoms with Gasteiger partial charge < -0.3 is 5.32 Å². The van der Waals surface area contributed by atoms with E-state index in [4.69, 9.17) is 5.84 Å². The summed E-state index contributed by atoms with van der Waals surface area (Å²) in [7, 11) is 0. The van der Waals surface area contributed by atoms with Gasteiger partial charge in [-0.3, -0.25) is 15.5 Å². The summed E-state index contributed by atoms with van der Waals surface area (Å²) >= 11 is 0. The minimum absolute atomic E-state index is 0.531. The monoisotopic (exact) mass is 252 g/mol. The van der Waals surface area contributed by atoms with Crippen molar-refractivity contribution in [3.63, 3.8) is 0 Å². The van der Waals surface area contributed by atoms with E-state index in [9.17, 15) is 0 Å². The lowest BCUT2D eigenvalue weighted by Crippen LogP contribution is -2.42. The van der Waals surface area contributed by atoms with Crippen molar-refractivity contribution in [2.45, 2.75) is 33.6 Å². The molecule has 0 fully saturated rings. The standard InChI is InChI=1S/C12H24N6/c1-9(2)7-15-12(17-13)14-6-4-5-11-8-16-18-10(11)3/h8-9H,4-7,13H2,1-3H3,(H,16,18)(H2,14,15,17). The summed E-state index contributed by atoms with van der Waals surface area (Å²) in [4.78, 5) is 4.34. The van der Waals surface area contributed by atoms with Crippen LogP contribution in [0.15, 0.2) is 11.2 Å². The van der Waals surface area contributed by atoms with Gasteiger partial charge in [0.25, 0.3) is 0 Å². The minimum atomic E-state index is 0.531. The van der Waals surface area contributed by atoms with Crippen molar-refractivity contribution in [2.75, 3.05) is 13.1 Å². The number of nitrogens with one attached hydrogen (secondary N) is 3. The third kappa shape index (κ3) is 5.18. The summed E-state index contributed by atoms with van der Waals surface area (Å²) in [6.07, 6.45) is 3.89. The fraction of sp³-hybridized carbons (Fsp3) is 0.667. The lowest BCUT2D eigenvalue weighted by molar-refractivity contribution is 0.654. The van der Waals surface area contributed by atoms with E-state index >= 15 is 0 Å². The largest absolute Gasteiger partial charge is 0.355 e. The molecule has 6 heteroatoms. The third-order valence-electron chi connectivity index (χ3n) is 2.60. The molecule has 1 aromatic rings. The molecule has 102 valence electrons. The number of rotatable bonds is 6. The van der Waals surface area contributed by atoms with Crippen molar-refractivity contribution in [3.05, 3.63) is 17.5 Å². The van der Waals surface area contributed by atoms with Crippen LogP contribution < -0.4 is 16.6 Å². The number of aryl methyl sites for hydroxylation is 2. The van der Waals surface area contributed by atoms with E-state index in [0.29, 0.717) is 11.9 Å². The van der Waals surface area contributed by atoms with Gasteiger partial charge in [-0.15, -0.1) is 0 Å². The molecule has 0 amide bonds. The van der Waals surface area contributed by atoms with Gasteiger partial charge in [-0.2, -0.15) is 5.10 Å². The topological polar surface area (TPSA) is 91.1 Å². The molecule has 18 heavy (non-hydrogen) atoms. The first-order chi connectivity index (χ1) is 8.63. The highest BCUT2D eigenvalue weighted by molar-refractivity contribution is 5.79. The Morgan fingerprint density at radius 2 is 2.33 bits per heavy atom. The Balaban J connectivity index is 2.23. The Labute approximate surface area is 108 Å². The normalized spacial score (nSPS) is 11.9. The number of aromatic amines is 1. The molecule has 0 aliphatic carbocycles. The zero-order valence-corrected chi connectivity index (χ0v) is 11.5. The van der Waals surface area contributed by atoms with Crippen molar-refractivity contribution in [3.8, 4) is 0 Å². The van der Waals surface area contributed by atoms with Crippen molar-refractivity contribution >= 4 is 5.96 Å². The number of aromatic nitrogens is 2. The maximum Gasteiger partial charge on any atom is 0.205 e. The summed E-state index contributed by atoms with van der Waals surface area (Å²) < 4.78 is 0. The highest BCUT2D eigenvalue weighted by atomic mass is 15.3. The number of aliphatic imine (C=N–C) groups is 1. The van der Waals surface area contributed by atoms with Crippen molar-refractivity contribution in [2.24, 2.45) is 16.8 Å². The first kappa shape index (κ1) is 14.5. The van der Waals surface area contributed by atoms with Crippen LogP contribution in [-0.4, -0.2) is 29.2 Å². The first-order valence-electron chi connectivity index (χ1n) is 6.37. The zero-order chi connectivity index (χ0) is 13.4. The molecule has 1 aromatic heterocycles. The average molecular weight is 252 g/mol. The van der Waals surface area contributed by atoms with Gasteiger partial charge in [0.15, 0.2) is 0 Å². The number of H-pyrrole nitrogens is 1. The number of hydrazine groups is 1. The molecule has 0 radical (unpaired) electrons. The van der Waals surface area contributed by atoms with Gasteiger partial charge in [0, 0.05) is 18.8 Å². The van der Waals surface area contributed by atoms with E-state index in [1.165, 1.54) is 5.56 Å². The molecule has 1 heterocycles. The third-order valence-corrected chi connectivity index (χ3v) is 2.60. The summed E-state index contributed by atoms with van der Waals surface area (Å²) in [6, 6.07) is 0. The van der Waals surface area contributed by atoms with Crippen LogP contribution in [0.2, 0.25) is 0 Å². The van der Waals surface area contributed by atoms with Gasteiger partial charge in [-0.05, 0) is 31.2 Å². The van der Waals surface area contributed by atoms with E-state index in [2.05, 4.69) is 39.8 Å². The second-order valence-electron chi connectivity index (χ2n) is 4.78. The zero-order valence-electron chi connectivity index (χ0n) is 11.5. The van der Waals surface area contributed by atoms with E-state index in [1.807, 2.05) is 13.1 Å². The fourth-order valence-corrected chi connectivity index (χ4v) is 1.54. The van der Waals surface area contributed by atoms with E-state index < -0.39 is 0 Å². The molecule has 0 unspecified atom stereocenters. The first-order valence-corrected chi connectivity index (χ1v) is 6.37. The SMILES string of the molecule is Cc1[nH]ncc1CCCNC(=NCC(C)C)NN. The maximum absolute atomic E-state index is 5.40. The Morgan fingerprint density at radius 3 is 2.89 bits per heavy atom. The summed E-state index contributed by atoms with van der Waals surface area (Å²) in [5.74, 6) is 6.59. The number of nitrogens with zero attached hydrogens (tertiary/aromatic N) is 2. The molecule has 0 aliphatic heterocycles. The quantitative estimate of drug-likeness (QED) is 0.197. The van der Waals surface area contributed by atoms with E-state index in [0.717, 1.165) is 31.6 Å². The second kappa shape index (κ2) is 7.71. The van der Waals surface area contributed by atoms with Gasteiger partial charge in [-0.25, -0.2) is 5.84 Å². The molecular weight excluding hydrogens is 228 g/mol. The van der Waals surface area contributed by atoms with Gasteiger partial charge in [0.1, 0.15) is 0 Å². The predicted octanol–water partition coefficient (Wildman–Crippen LogP) is 0.716. The van der Waals surface area contributed by atoms with Crippen LogP contribution in [0.4, 0.5) is 0 Å². The number of hydrogen-bond donors (Lipinski definition) is 4. The number of nitrogens with two attached hydrogens (primary N) is 1. The van der Waals surface area contributed by atoms with E-state index in [-0.39, 0.29) is 0 Å². The van der Waals surface area contributed by atoms with Crippen LogP contribution in [0.25, 0.3) is 0 Å². The second-order valence-corrected chi connectivity index (χ2v) is 4.78. The van der Waals surface area contributed by atoms with Gasteiger partial charge >= 0.3 is 0 Å². The van der Waals surface area contributed by atoms with Crippen LogP contribution in [0.1, 0.15) is 31.5 Å². The summed E-state index contributed by atoms with van der Waals surface area (Å²) in [5.41, 5.74) is 4.98. The van der Waals surface area contributed by atoms with Gasteiger partial charge in [-0.1, -0.05) is 13.8 Å². The number of hydrogen-bond acceptors (Lipinski definition) is 3. The summed E-state index contributed by atoms with van der Waals surface area (Å²) in [6.45, 7) is 7.89. The molecule has 0 saturated carbocycles. The van der Waals surface area contributed by atoms with Crippen LogP contribution >= 0.6 is 0 Å². The Kier molecular flexibility index (Phi) is 6.21.